The van der Waals surface area contributed by atoms with Gasteiger partial charge < -0.3 is 15.2 Å². The van der Waals surface area contributed by atoms with E-state index in [9.17, 15) is 14.7 Å². The minimum absolute atomic E-state index is 0.0806. The summed E-state index contributed by atoms with van der Waals surface area (Å²) in [5, 5.41) is 13.9. The van der Waals surface area contributed by atoms with E-state index in [0.29, 0.717) is 12.8 Å². The number of ether oxygens (including phenoxy) is 1. The van der Waals surface area contributed by atoms with Crippen molar-refractivity contribution < 1.29 is 19.4 Å². The molecule has 0 saturated heterocycles. The SMILES string of the molecule is CC.CCC(C)C1OC(=O)C(Cc2ccccc2)NC(=O)C(C)C/C(C)=C/C(C)C(O)/C(C)=C/C1C. The normalized spacial score (nSPS) is 32.1. The summed E-state index contributed by atoms with van der Waals surface area (Å²) in [5.74, 6) is -0.929. The molecule has 202 valence electrons. The van der Waals surface area contributed by atoms with Gasteiger partial charge in [-0.15, -0.1) is 0 Å². The lowest BCUT2D eigenvalue weighted by Gasteiger charge is -2.30. The van der Waals surface area contributed by atoms with Crippen LogP contribution in [-0.2, 0) is 20.7 Å². The fourth-order valence-electron chi connectivity index (χ4n) is 4.75. The number of aliphatic hydroxyl groups excluding tert-OH is 1. The quantitative estimate of drug-likeness (QED) is 0.378. The topological polar surface area (TPSA) is 75.6 Å². The first-order valence-corrected chi connectivity index (χ1v) is 13.6. The summed E-state index contributed by atoms with van der Waals surface area (Å²) in [7, 11) is 0. The van der Waals surface area contributed by atoms with E-state index in [-0.39, 0.29) is 35.7 Å². The Balaban J connectivity index is 0.00000316. The van der Waals surface area contributed by atoms with E-state index in [1.807, 2.05) is 91.0 Å². The summed E-state index contributed by atoms with van der Waals surface area (Å²) in [5.41, 5.74) is 2.88. The van der Waals surface area contributed by atoms with Crippen molar-refractivity contribution in [1.82, 2.24) is 5.32 Å². The maximum atomic E-state index is 13.4. The van der Waals surface area contributed by atoms with E-state index in [0.717, 1.165) is 23.1 Å². The number of aliphatic hydroxyl groups is 1. The number of hydrogen-bond acceptors (Lipinski definition) is 4. The van der Waals surface area contributed by atoms with Gasteiger partial charge in [0.25, 0.3) is 0 Å². The third-order valence-electron chi connectivity index (χ3n) is 6.97. The fourth-order valence-corrected chi connectivity index (χ4v) is 4.75. The molecule has 1 aliphatic rings. The summed E-state index contributed by atoms with van der Waals surface area (Å²) < 4.78 is 6.10. The highest BCUT2D eigenvalue weighted by atomic mass is 16.5. The number of nitrogens with one attached hydrogen (secondary N) is 1. The molecule has 0 spiro atoms. The van der Waals surface area contributed by atoms with Crippen LogP contribution in [0.4, 0.5) is 0 Å². The molecule has 36 heavy (non-hydrogen) atoms. The van der Waals surface area contributed by atoms with Crippen molar-refractivity contribution in [2.75, 3.05) is 0 Å². The van der Waals surface area contributed by atoms with Gasteiger partial charge in [-0.25, -0.2) is 4.79 Å². The van der Waals surface area contributed by atoms with Crippen LogP contribution in [0, 0.1) is 23.7 Å². The summed E-state index contributed by atoms with van der Waals surface area (Å²) >= 11 is 0. The van der Waals surface area contributed by atoms with Crippen LogP contribution >= 0.6 is 0 Å². The summed E-state index contributed by atoms with van der Waals surface area (Å²) in [6.45, 7) is 17.9. The molecule has 0 bridgehead atoms. The molecule has 0 fully saturated rings. The first-order chi connectivity index (χ1) is 17.0. The average molecular weight is 500 g/mol. The van der Waals surface area contributed by atoms with Crippen LogP contribution in [0.1, 0.15) is 80.7 Å². The Kier molecular flexibility index (Phi) is 13.8. The molecular formula is C31H49NO4. The monoisotopic (exact) mass is 499 g/mol. The Morgan fingerprint density at radius 2 is 1.64 bits per heavy atom. The third-order valence-corrected chi connectivity index (χ3v) is 6.97. The maximum Gasteiger partial charge on any atom is 0.329 e. The molecule has 0 aliphatic carbocycles. The molecule has 2 rings (SSSR count). The van der Waals surface area contributed by atoms with Gasteiger partial charge in [-0.2, -0.15) is 0 Å². The van der Waals surface area contributed by atoms with Gasteiger partial charge in [-0.3, -0.25) is 4.79 Å². The number of allylic oxidation sites excluding steroid dienone is 1. The molecule has 5 nitrogen and oxygen atoms in total. The summed E-state index contributed by atoms with van der Waals surface area (Å²) in [6.07, 6.45) is 4.87. The number of hydrogen-bond donors (Lipinski definition) is 2. The largest absolute Gasteiger partial charge is 0.460 e. The van der Waals surface area contributed by atoms with Gasteiger partial charge >= 0.3 is 5.97 Å². The molecule has 7 unspecified atom stereocenters. The predicted octanol–water partition coefficient (Wildman–Crippen LogP) is 6.26. The van der Waals surface area contributed by atoms with Gasteiger partial charge in [0.2, 0.25) is 5.91 Å². The molecule has 1 aliphatic heterocycles. The fraction of sp³-hybridized carbons (Fsp3) is 0.613. The second-order valence-electron chi connectivity index (χ2n) is 10.2. The average Bonchev–Trinajstić information content (AvgIpc) is 2.86. The van der Waals surface area contributed by atoms with Gasteiger partial charge in [0.1, 0.15) is 12.1 Å². The number of cyclic esters (lactones) is 1. The molecule has 1 heterocycles. The third kappa shape index (κ3) is 9.57. The molecule has 5 heteroatoms. The van der Waals surface area contributed by atoms with Gasteiger partial charge in [0.05, 0.1) is 6.10 Å². The van der Waals surface area contributed by atoms with Crippen molar-refractivity contribution in [3.05, 3.63) is 59.2 Å². The molecule has 0 radical (unpaired) electrons. The van der Waals surface area contributed by atoms with Gasteiger partial charge in [0, 0.05) is 24.2 Å². The van der Waals surface area contributed by atoms with Crippen molar-refractivity contribution in [2.45, 2.75) is 99.8 Å². The Morgan fingerprint density at radius 3 is 2.22 bits per heavy atom. The Morgan fingerprint density at radius 1 is 1.03 bits per heavy atom. The van der Waals surface area contributed by atoms with Gasteiger partial charge in [-0.1, -0.05) is 103 Å². The smallest absolute Gasteiger partial charge is 0.329 e. The number of amides is 1. The van der Waals surface area contributed by atoms with E-state index >= 15 is 0 Å². The van der Waals surface area contributed by atoms with E-state index in [4.69, 9.17) is 4.74 Å². The van der Waals surface area contributed by atoms with Crippen LogP contribution in [0.3, 0.4) is 0 Å². The van der Waals surface area contributed by atoms with Crippen molar-refractivity contribution in [3.8, 4) is 0 Å². The summed E-state index contributed by atoms with van der Waals surface area (Å²) in [6, 6.07) is 8.93. The first kappa shape index (κ1) is 31.6. The van der Waals surface area contributed by atoms with E-state index < -0.39 is 18.1 Å². The zero-order valence-electron chi connectivity index (χ0n) is 23.9. The van der Waals surface area contributed by atoms with Crippen LogP contribution in [0.5, 0.6) is 0 Å². The molecule has 1 aromatic carbocycles. The van der Waals surface area contributed by atoms with Crippen LogP contribution in [0.15, 0.2) is 53.6 Å². The minimum Gasteiger partial charge on any atom is -0.460 e. The lowest BCUT2D eigenvalue weighted by molar-refractivity contribution is -0.157. The molecule has 2 N–H and O–H groups in total. The second kappa shape index (κ2) is 15.7. The highest BCUT2D eigenvalue weighted by molar-refractivity contribution is 5.86. The van der Waals surface area contributed by atoms with E-state index in [2.05, 4.69) is 19.2 Å². The second-order valence-corrected chi connectivity index (χ2v) is 10.2. The standard InChI is InChI=1S/C29H43NO4.C2H6/c1-8-19(3)27-22(6)16-21(5)26(31)20(4)14-18(2)15-23(7)28(32)30-25(29(33)34-27)17-24-12-10-9-11-13-24;1-2/h9-14,16,19-20,22-23,25-27,31H,8,15,17H2,1-7H3,(H,30,32);1-2H3/b18-14+,21-16+;. The number of benzene rings is 1. The molecule has 7 atom stereocenters. The van der Waals surface area contributed by atoms with Gasteiger partial charge in [-0.05, 0) is 37.3 Å². The van der Waals surface area contributed by atoms with Crippen LogP contribution in [0.25, 0.3) is 0 Å². The molecular weight excluding hydrogens is 450 g/mol. The van der Waals surface area contributed by atoms with Crippen molar-refractivity contribution >= 4 is 11.9 Å². The van der Waals surface area contributed by atoms with Crippen LogP contribution in [-0.4, -0.2) is 35.2 Å². The lowest BCUT2D eigenvalue weighted by atomic mass is 9.87. The Labute approximate surface area is 219 Å². The Bertz CT molecular complexity index is 876. The van der Waals surface area contributed by atoms with Crippen LogP contribution in [0.2, 0.25) is 0 Å². The Hall–Kier alpha value is -2.40. The number of carbonyl (C=O) groups excluding carboxylic acids is 2. The molecule has 0 saturated carbocycles. The molecule has 1 amide bonds. The van der Waals surface area contributed by atoms with Crippen molar-refractivity contribution in [2.24, 2.45) is 23.7 Å². The zero-order valence-corrected chi connectivity index (χ0v) is 23.9. The number of carbonyl (C=O) groups is 2. The van der Waals surface area contributed by atoms with E-state index in [1.165, 1.54) is 0 Å². The lowest BCUT2D eigenvalue weighted by Crippen LogP contribution is -2.47. The molecule has 0 aromatic heterocycles. The van der Waals surface area contributed by atoms with Crippen LogP contribution < -0.4 is 5.32 Å². The predicted molar refractivity (Wildman–Crippen MR) is 148 cm³/mol. The highest BCUT2D eigenvalue weighted by Gasteiger charge is 2.32. The zero-order chi connectivity index (χ0) is 27.4. The molecule has 1 aromatic rings. The summed E-state index contributed by atoms with van der Waals surface area (Å²) in [4.78, 5) is 26.5. The minimum atomic E-state index is -0.764. The van der Waals surface area contributed by atoms with E-state index in [1.54, 1.807) is 0 Å². The highest BCUT2D eigenvalue weighted by Crippen LogP contribution is 2.26. The number of rotatable bonds is 4. The number of esters is 1. The first-order valence-electron chi connectivity index (χ1n) is 13.6. The van der Waals surface area contributed by atoms with Crippen molar-refractivity contribution in [3.63, 3.8) is 0 Å². The van der Waals surface area contributed by atoms with Gasteiger partial charge in [0.15, 0.2) is 0 Å². The maximum absolute atomic E-state index is 13.4. The van der Waals surface area contributed by atoms with Crippen molar-refractivity contribution in [1.29, 1.82) is 0 Å².